The summed E-state index contributed by atoms with van der Waals surface area (Å²) in [7, 11) is 1.39. The summed E-state index contributed by atoms with van der Waals surface area (Å²) >= 11 is 0. The minimum atomic E-state index is -0.899. The smallest absolute Gasteiger partial charge is 0.338 e. The number of benzene rings is 5. The first-order valence-electron chi connectivity index (χ1n) is 14.2. The first kappa shape index (κ1) is 27.4. The second-order valence-electron chi connectivity index (χ2n) is 10.5. The van der Waals surface area contributed by atoms with Crippen molar-refractivity contribution in [3.8, 4) is 0 Å². The molecule has 1 aliphatic rings. The Morgan fingerprint density at radius 2 is 1.24 bits per heavy atom. The van der Waals surface area contributed by atoms with Crippen molar-refractivity contribution in [2.45, 2.75) is 24.5 Å². The van der Waals surface area contributed by atoms with Gasteiger partial charge in [0.2, 0.25) is 0 Å². The maximum Gasteiger partial charge on any atom is 0.338 e. The van der Waals surface area contributed by atoms with Crippen molar-refractivity contribution >= 4 is 22.7 Å². The molecule has 1 saturated heterocycles. The molecule has 0 aliphatic carbocycles. The highest BCUT2D eigenvalue weighted by atomic mass is 16.6. The third-order valence-corrected chi connectivity index (χ3v) is 8.16. The minimum Gasteiger partial charge on any atom is -0.465 e. The predicted octanol–water partition coefficient (Wildman–Crippen LogP) is 7.11. The van der Waals surface area contributed by atoms with Gasteiger partial charge in [-0.2, -0.15) is 0 Å². The van der Waals surface area contributed by atoms with Crippen molar-refractivity contribution in [3.63, 3.8) is 0 Å². The van der Waals surface area contributed by atoms with E-state index in [-0.39, 0.29) is 30.6 Å². The topological polar surface area (TPSA) is 61.8 Å². The lowest BCUT2D eigenvalue weighted by Crippen LogP contribution is -2.49. The van der Waals surface area contributed by atoms with Crippen LogP contribution in [0.3, 0.4) is 0 Å². The Kier molecular flexibility index (Phi) is 7.85. The SMILES string of the molecule is COC(=O)c1ccc(CC[C@@H]2OC(=O)[C@H]2COC(c2ccccc2)(c2ccccc2)c2ccccc2)c2ccccc12. The van der Waals surface area contributed by atoms with Crippen molar-refractivity contribution in [2.24, 2.45) is 5.92 Å². The van der Waals surface area contributed by atoms with Crippen LogP contribution < -0.4 is 0 Å². The summed E-state index contributed by atoms with van der Waals surface area (Å²) in [5.41, 5.74) is 3.70. The van der Waals surface area contributed by atoms with Crippen LogP contribution in [0.25, 0.3) is 10.8 Å². The van der Waals surface area contributed by atoms with E-state index >= 15 is 0 Å². The molecular weight excluding hydrogens is 524 g/mol. The van der Waals surface area contributed by atoms with E-state index in [4.69, 9.17) is 14.2 Å². The van der Waals surface area contributed by atoms with Crippen LogP contribution >= 0.6 is 0 Å². The lowest BCUT2D eigenvalue weighted by atomic mass is 9.79. The number of ether oxygens (including phenoxy) is 3. The van der Waals surface area contributed by atoms with Gasteiger partial charge in [0.1, 0.15) is 17.6 Å². The average Bonchev–Trinajstić information content (AvgIpc) is 3.05. The Labute approximate surface area is 245 Å². The summed E-state index contributed by atoms with van der Waals surface area (Å²) in [6.45, 7) is 0.213. The van der Waals surface area contributed by atoms with E-state index in [0.717, 1.165) is 33.0 Å². The number of aryl methyl sites for hydroxylation is 1. The van der Waals surface area contributed by atoms with E-state index in [2.05, 4.69) is 36.4 Å². The van der Waals surface area contributed by atoms with Crippen LogP contribution in [-0.4, -0.2) is 31.8 Å². The van der Waals surface area contributed by atoms with Crippen LogP contribution in [0.4, 0.5) is 0 Å². The molecule has 210 valence electrons. The second-order valence-corrected chi connectivity index (χ2v) is 10.5. The maximum atomic E-state index is 12.8. The Hall–Kier alpha value is -4.74. The van der Waals surface area contributed by atoms with E-state index in [9.17, 15) is 9.59 Å². The molecule has 0 unspecified atom stereocenters. The standard InChI is InChI=1S/C37H32O5/c1-40-35(38)32-23-21-26(30-19-11-12-20-31(30)32)22-24-34-33(36(39)42-34)25-41-37(27-13-5-2-6-14-27,28-15-7-3-8-16-28)29-17-9-4-10-18-29/h2-21,23,33-34H,22,24-25H2,1H3/t33-,34-/m0/s1. The molecule has 5 aromatic rings. The first-order valence-corrected chi connectivity index (χ1v) is 14.2. The number of hydrogen-bond donors (Lipinski definition) is 0. The molecule has 1 heterocycles. The molecule has 0 radical (unpaired) electrons. The lowest BCUT2D eigenvalue weighted by molar-refractivity contribution is -0.194. The monoisotopic (exact) mass is 556 g/mol. The van der Waals surface area contributed by atoms with Gasteiger partial charge >= 0.3 is 11.9 Å². The molecule has 0 N–H and O–H groups in total. The van der Waals surface area contributed by atoms with Gasteiger partial charge in [0.15, 0.2) is 0 Å². The highest BCUT2D eigenvalue weighted by Crippen LogP contribution is 2.42. The quantitative estimate of drug-likeness (QED) is 0.136. The number of esters is 2. The van der Waals surface area contributed by atoms with Gasteiger partial charge in [-0.15, -0.1) is 0 Å². The Bertz CT molecular complexity index is 1580. The van der Waals surface area contributed by atoms with Crippen molar-refractivity contribution in [3.05, 3.63) is 155 Å². The number of carbonyl (C=O) groups excluding carboxylic acids is 2. The van der Waals surface area contributed by atoms with Gasteiger partial charge < -0.3 is 14.2 Å². The minimum absolute atomic E-state index is 0.213. The molecule has 1 fully saturated rings. The first-order chi connectivity index (χ1) is 20.6. The molecular formula is C37H32O5. The summed E-state index contributed by atoms with van der Waals surface area (Å²) in [4.78, 5) is 25.1. The van der Waals surface area contributed by atoms with Crippen LogP contribution in [0.5, 0.6) is 0 Å². The fourth-order valence-corrected chi connectivity index (χ4v) is 5.98. The summed E-state index contributed by atoms with van der Waals surface area (Å²) < 4.78 is 17.5. The van der Waals surface area contributed by atoms with Crippen molar-refractivity contribution in [1.29, 1.82) is 0 Å². The summed E-state index contributed by atoms with van der Waals surface area (Å²) in [6.07, 6.45) is 1.07. The Morgan fingerprint density at radius 1 is 0.714 bits per heavy atom. The van der Waals surface area contributed by atoms with Gasteiger partial charge in [0, 0.05) is 0 Å². The molecule has 6 rings (SSSR count). The normalized spacial score (nSPS) is 16.5. The Morgan fingerprint density at radius 3 is 1.76 bits per heavy atom. The molecule has 1 aliphatic heterocycles. The van der Waals surface area contributed by atoms with Crippen molar-refractivity contribution in [1.82, 2.24) is 0 Å². The highest BCUT2D eigenvalue weighted by Gasteiger charge is 2.45. The average molecular weight is 557 g/mol. The zero-order valence-electron chi connectivity index (χ0n) is 23.4. The third kappa shape index (κ3) is 5.08. The zero-order valence-corrected chi connectivity index (χ0v) is 23.4. The van der Waals surface area contributed by atoms with Crippen LogP contribution in [0.15, 0.2) is 127 Å². The largest absolute Gasteiger partial charge is 0.465 e. The van der Waals surface area contributed by atoms with E-state index in [1.807, 2.05) is 91.0 Å². The predicted molar refractivity (Wildman–Crippen MR) is 162 cm³/mol. The molecule has 5 heteroatoms. The zero-order chi connectivity index (χ0) is 28.9. The number of methoxy groups -OCH3 is 1. The number of hydrogen-bond acceptors (Lipinski definition) is 5. The second kappa shape index (κ2) is 12.0. The van der Waals surface area contributed by atoms with Gasteiger partial charge in [0.05, 0.1) is 19.3 Å². The van der Waals surface area contributed by atoms with Gasteiger partial charge in [-0.1, -0.05) is 121 Å². The summed E-state index contributed by atoms with van der Waals surface area (Å²) in [5.74, 6) is -0.989. The molecule has 0 bridgehead atoms. The van der Waals surface area contributed by atoms with Crippen LogP contribution in [0.2, 0.25) is 0 Å². The highest BCUT2D eigenvalue weighted by molar-refractivity contribution is 6.05. The number of carbonyl (C=O) groups is 2. The summed E-state index contributed by atoms with van der Waals surface area (Å²) in [6, 6.07) is 42.0. The number of rotatable bonds is 10. The van der Waals surface area contributed by atoms with Gasteiger partial charge in [-0.3, -0.25) is 4.79 Å². The molecule has 0 saturated carbocycles. The number of cyclic esters (lactones) is 1. The molecule has 2 atom stereocenters. The molecule has 42 heavy (non-hydrogen) atoms. The van der Waals surface area contributed by atoms with E-state index in [1.165, 1.54) is 7.11 Å². The summed E-state index contributed by atoms with van der Waals surface area (Å²) in [5, 5.41) is 1.85. The van der Waals surface area contributed by atoms with Crippen LogP contribution in [-0.2, 0) is 31.0 Å². The van der Waals surface area contributed by atoms with E-state index in [1.54, 1.807) is 0 Å². The Balaban J connectivity index is 1.27. The molecule has 0 amide bonds. The van der Waals surface area contributed by atoms with Crippen LogP contribution in [0, 0.1) is 5.92 Å². The number of fused-ring (bicyclic) bond motifs is 1. The van der Waals surface area contributed by atoms with Crippen molar-refractivity contribution < 1.29 is 23.8 Å². The lowest BCUT2D eigenvalue weighted by Gasteiger charge is -2.40. The fraction of sp³-hybridized carbons (Fsp3) is 0.189. The fourth-order valence-electron chi connectivity index (χ4n) is 5.98. The van der Waals surface area contributed by atoms with Gasteiger partial charge in [-0.05, 0) is 51.9 Å². The third-order valence-electron chi connectivity index (χ3n) is 8.16. The van der Waals surface area contributed by atoms with Crippen molar-refractivity contribution in [2.75, 3.05) is 13.7 Å². The van der Waals surface area contributed by atoms with E-state index in [0.29, 0.717) is 18.4 Å². The molecule has 5 aromatic carbocycles. The molecule has 0 aromatic heterocycles. The van der Waals surface area contributed by atoms with E-state index < -0.39 is 5.60 Å². The van der Waals surface area contributed by atoms with Crippen LogP contribution in [0.1, 0.15) is 39.0 Å². The molecule has 0 spiro atoms. The molecule has 5 nitrogen and oxygen atoms in total. The van der Waals surface area contributed by atoms with Gasteiger partial charge in [0.25, 0.3) is 0 Å². The van der Waals surface area contributed by atoms with Gasteiger partial charge in [-0.25, -0.2) is 4.79 Å². The maximum absolute atomic E-state index is 12.8.